The predicted octanol–water partition coefficient (Wildman–Crippen LogP) is 2.48. The Morgan fingerprint density at radius 3 is 3.00 bits per heavy atom. The third kappa shape index (κ3) is 1.90. The van der Waals surface area contributed by atoms with Crippen LogP contribution in [0.4, 0.5) is 0 Å². The van der Waals surface area contributed by atoms with E-state index in [1.807, 2.05) is 11.8 Å². The molecule has 0 saturated carbocycles. The Labute approximate surface area is 86.9 Å². The van der Waals surface area contributed by atoms with Gasteiger partial charge in [-0.05, 0) is 25.5 Å². The summed E-state index contributed by atoms with van der Waals surface area (Å²) in [4.78, 5) is 5.94. The van der Waals surface area contributed by atoms with Crippen molar-refractivity contribution in [3.05, 3.63) is 15.6 Å². The van der Waals surface area contributed by atoms with Crippen LogP contribution in [0.2, 0.25) is 0 Å². The summed E-state index contributed by atoms with van der Waals surface area (Å²) in [7, 11) is 0. The molecule has 0 amide bonds. The van der Waals surface area contributed by atoms with Crippen LogP contribution in [0.1, 0.15) is 33.7 Å². The molecule has 2 heterocycles. The van der Waals surface area contributed by atoms with E-state index in [0.29, 0.717) is 11.8 Å². The van der Waals surface area contributed by atoms with E-state index in [1.54, 1.807) is 11.3 Å². The fraction of sp³-hybridized carbons (Fsp3) is 0.667. The average molecular weight is 214 g/mol. The molecule has 1 aliphatic rings. The van der Waals surface area contributed by atoms with Gasteiger partial charge in [0.2, 0.25) is 0 Å². The van der Waals surface area contributed by atoms with Crippen LogP contribution in [0.25, 0.3) is 0 Å². The smallest absolute Gasteiger partial charge is 0.107 e. The van der Waals surface area contributed by atoms with Gasteiger partial charge in [-0.2, -0.15) is 11.8 Å². The predicted molar refractivity (Wildman–Crippen MR) is 59.2 cm³/mol. The molecule has 1 aliphatic heterocycles. The van der Waals surface area contributed by atoms with Gasteiger partial charge in [-0.15, -0.1) is 11.3 Å². The maximum Gasteiger partial charge on any atom is 0.107 e. The lowest BCUT2D eigenvalue weighted by Crippen LogP contribution is -1.97. The molecule has 0 spiro atoms. The van der Waals surface area contributed by atoms with E-state index in [2.05, 4.69) is 11.9 Å². The largest absolute Gasteiger partial charge is 0.325 e. The highest BCUT2D eigenvalue weighted by atomic mass is 32.2. The first-order valence-corrected chi connectivity index (χ1v) is 6.45. The molecule has 1 atom stereocenters. The Morgan fingerprint density at radius 2 is 2.46 bits per heavy atom. The highest BCUT2D eigenvalue weighted by Gasteiger charge is 2.22. The van der Waals surface area contributed by atoms with Gasteiger partial charge in [-0.25, -0.2) is 4.98 Å². The minimum absolute atomic E-state index is 0.586. The van der Waals surface area contributed by atoms with Crippen LogP contribution in [0.15, 0.2) is 0 Å². The van der Waals surface area contributed by atoms with Crippen molar-refractivity contribution in [2.75, 3.05) is 5.75 Å². The topological polar surface area (TPSA) is 38.9 Å². The molecule has 1 saturated heterocycles. The quantitative estimate of drug-likeness (QED) is 0.822. The van der Waals surface area contributed by atoms with Gasteiger partial charge in [0.1, 0.15) is 5.01 Å². The van der Waals surface area contributed by atoms with E-state index in [-0.39, 0.29) is 0 Å². The summed E-state index contributed by atoms with van der Waals surface area (Å²) in [5, 5.41) is 1.73. The number of thiazole rings is 1. The fourth-order valence-corrected chi connectivity index (χ4v) is 3.93. The summed E-state index contributed by atoms with van der Waals surface area (Å²) in [6.45, 7) is 2.74. The normalized spacial score (nSPS) is 22.5. The van der Waals surface area contributed by atoms with Crippen LogP contribution >= 0.6 is 23.1 Å². The first-order valence-electron chi connectivity index (χ1n) is 4.59. The van der Waals surface area contributed by atoms with Crippen molar-refractivity contribution in [2.45, 2.75) is 31.6 Å². The van der Waals surface area contributed by atoms with E-state index in [9.17, 15) is 0 Å². The number of nitrogens with two attached hydrogens (primary N) is 1. The Bertz CT molecular complexity index is 290. The summed E-state index contributed by atoms with van der Waals surface area (Å²) in [5.74, 6) is 1.29. The Kier molecular flexibility index (Phi) is 2.91. The Hall–Kier alpha value is -0.0600. The van der Waals surface area contributed by atoms with E-state index in [4.69, 9.17) is 5.73 Å². The molecule has 1 unspecified atom stereocenters. The number of hydrogen-bond donors (Lipinski definition) is 1. The maximum atomic E-state index is 5.57. The summed E-state index contributed by atoms with van der Waals surface area (Å²) < 4.78 is 0. The minimum atomic E-state index is 0.586. The fourth-order valence-electron chi connectivity index (χ4n) is 1.64. The first-order chi connectivity index (χ1) is 6.31. The van der Waals surface area contributed by atoms with Crippen molar-refractivity contribution in [1.82, 2.24) is 4.98 Å². The van der Waals surface area contributed by atoms with Crippen LogP contribution in [-0.2, 0) is 6.54 Å². The molecule has 0 aliphatic carbocycles. The first kappa shape index (κ1) is 9.49. The zero-order chi connectivity index (χ0) is 9.26. The molecule has 2 nitrogen and oxygen atoms in total. The van der Waals surface area contributed by atoms with Gasteiger partial charge in [0.05, 0.1) is 5.69 Å². The van der Waals surface area contributed by atoms with Crippen molar-refractivity contribution >= 4 is 23.1 Å². The van der Waals surface area contributed by atoms with Crippen molar-refractivity contribution in [3.8, 4) is 0 Å². The van der Waals surface area contributed by atoms with Crippen molar-refractivity contribution in [1.29, 1.82) is 0 Å². The van der Waals surface area contributed by atoms with E-state index in [1.165, 1.54) is 29.2 Å². The van der Waals surface area contributed by atoms with Gasteiger partial charge in [0, 0.05) is 16.7 Å². The van der Waals surface area contributed by atoms with Gasteiger partial charge >= 0.3 is 0 Å². The highest BCUT2D eigenvalue weighted by Crippen LogP contribution is 2.41. The molecule has 4 heteroatoms. The number of aryl methyl sites for hydroxylation is 1. The lowest BCUT2D eigenvalue weighted by molar-refractivity contribution is 0.802. The van der Waals surface area contributed by atoms with Gasteiger partial charge in [-0.3, -0.25) is 0 Å². The van der Waals surface area contributed by atoms with E-state index in [0.717, 1.165) is 5.01 Å². The Balaban J connectivity index is 2.22. The summed E-state index contributed by atoms with van der Waals surface area (Å²) >= 11 is 3.79. The minimum Gasteiger partial charge on any atom is -0.325 e. The van der Waals surface area contributed by atoms with Gasteiger partial charge in [0.15, 0.2) is 0 Å². The second kappa shape index (κ2) is 3.98. The summed E-state index contributed by atoms with van der Waals surface area (Å²) in [6.07, 6.45) is 2.63. The van der Waals surface area contributed by atoms with Gasteiger partial charge in [0.25, 0.3) is 0 Å². The van der Waals surface area contributed by atoms with E-state index >= 15 is 0 Å². The van der Waals surface area contributed by atoms with Crippen molar-refractivity contribution in [2.24, 2.45) is 5.73 Å². The second-order valence-corrected chi connectivity index (χ2v) is 5.85. The molecule has 72 valence electrons. The molecule has 2 N–H and O–H groups in total. The molecule has 13 heavy (non-hydrogen) atoms. The zero-order valence-corrected chi connectivity index (χ0v) is 9.38. The maximum absolute atomic E-state index is 5.57. The number of aromatic nitrogens is 1. The molecule has 2 rings (SSSR count). The summed E-state index contributed by atoms with van der Waals surface area (Å²) in [5.41, 5.74) is 6.87. The van der Waals surface area contributed by atoms with E-state index < -0.39 is 0 Å². The molecule has 0 radical (unpaired) electrons. The lowest BCUT2D eigenvalue weighted by Gasteiger charge is -2.04. The molecule has 0 bridgehead atoms. The van der Waals surface area contributed by atoms with Gasteiger partial charge < -0.3 is 5.73 Å². The number of nitrogens with zero attached hydrogens (tertiary/aromatic N) is 1. The van der Waals surface area contributed by atoms with Crippen LogP contribution in [0.3, 0.4) is 0 Å². The molecular weight excluding hydrogens is 200 g/mol. The lowest BCUT2D eigenvalue weighted by atomic mass is 10.2. The monoisotopic (exact) mass is 214 g/mol. The molecule has 1 fully saturated rings. The highest BCUT2D eigenvalue weighted by molar-refractivity contribution is 7.99. The average Bonchev–Trinajstić information content (AvgIpc) is 2.72. The second-order valence-electron chi connectivity index (χ2n) is 3.25. The standard InChI is InChI=1S/C9H14N2S2/c1-6-9(7-3-2-4-12-7)11-8(5-10)13-6/h7H,2-5,10H2,1H3. The number of rotatable bonds is 2. The molecule has 0 aromatic carbocycles. The number of hydrogen-bond acceptors (Lipinski definition) is 4. The molecule has 1 aromatic rings. The third-order valence-corrected chi connectivity index (χ3v) is 4.68. The third-order valence-electron chi connectivity index (χ3n) is 2.29. The molecule has 1 aromatic heterocycles. The van der Waals surface area contributed by atoms with Crippen LogP contribution < -0.4 is 5.73 Å². The van der Waals surface area contributed by atoms with Crippen LogP contribution in [0, 0.1) is 6.92 Å². The van der Waals surface area contributed by atoms with Gasteiger partial charge in [-0.1, -0.05) is 0 Å². The SMILES string of the molecule is Cc1sc(CN)nc1C1CCCS1. The van der Waals surface area contributed by atoms with Crippen molar-refractivity contribution in [3.63, 3.8) is 0 Å². The van der Waals surface area contributed by atoms with Crippen LogP contribution in [0.5, 0.6) is 0 Å². The number of thioether (sulfide) groups is 1. The van der Waals surface area contributed by atoms with Crippen molar-refractivity contribution < 1.29 is 0 Å². The Morgan fingerprint density at radius 1 is 1.62 bits per heavy atom. The summed E-state index contributed by atoms with van der Waals surface area (Å²) in [6, 6.07) is 0. The van der Waals surface area contributed by atoms with Crippen LogP contribution in [-0.4, -0.2) is 10.7 Å². The molecular formula is C9H14N2S2. The zero-order valence-electron chi connectivity index (χ0n) is 7.75.